The molecular weight excluding hydrogens is 270 g/mol. The number of carbonyl (C=O) groups excluding carboxylic acids is 1. The number of hydrogen-bond donors (Lipinski definition) is 3. The summed E-state index contributed by atoms with van der Waals surface area (Å²) in [6, 6.07) is -0.178. The van der Waals surface area contributed by atoms with E-state index in [0.717, 1.165) is 24.8 Å². The van der Waals surface area contributed by atoms with E-state index in [9.17, 15) is 9.90 Å². The Balaban J connectivity index is 1.80. The Labute approximate surface area is 125 Å². The molecular formula is C14H25N5O2. The van der Waals surface area contributed by atoms with Gasteiger partial charge in [-0.25, -0.2) is 4.79 Å². The molecule has 0 aromatic carbocycles. The molecule has 2 amide bonds. The number of hydrogen-bond acceptors (Lipinski definition) is 4. The van der Waals surface area contributed by atoms with Gasteiger partial charge < -0.3 is 20.6 Å². The number of likely N-dealkylation sites (N-methyl/N-ethyl adjacent to an activating group) is 1. The van der Waals surface area contributed by atoms with E-state index in [1.807, 2.05) is 32.2 Å². The van der Waals surface area contributed by atoms with Crippen molar-refractivity contribution in [2.75, 3.05) is 27.2 Å². The number of nitrogens with one attached hydrogen (secondary N) is 2. The molecule has 0 radical (unpaired) electrons. The maximum absolute atomic E-state index is 11.8. The third-order valence-corrected chi connectivity index (χ3v) is 4.05. The molecule has 3 N–H and O–H groups in total. The highest BCUT2D eigenvalue weighted by Crippen LogP contribution is 2.30. The molecule has 7 nitrogen and oxygen atoms in total. The standard InChI is InChI=1S/C14H25N5O2/c1-18(2)12(11-7-17-19(3)9-11)8-15-13(20)16-10-14(21)5-4-6-14/h7,9,12,21H,4-6,8,10H2,1-3H3,(H2,15,16,20). The van der Waals surface area contributed by atoms with E-state index in [1.54, 1.807) is 10.9 Å². The molecule has 2 rings (SSSR count). The second-order valence-electron chi connectivity index (χ2n) is 6.07. The van der Waals surface area contributed by atoms with Crippen LogP contribution >= 0.6 is 0 Å². The predicted molar refractivity (Wildman–Crippen MR) is 79.8 cm³/mol. The number of aliphatic hydroxyl groups is 1. The van der Waals surface area contributed by atoms with E-state index in [0.29, 0.717) is 13.1 Å². The van der Waals surface area contributed by atoms with Crippen LogP contribution in [-0.2, 0) is 7.05 Å². The lowest BCUT2D eigenvalue weighted by molar-refractivity contribution is -0.0290. The third kappa shape index (κ3) is 4.18. The van der Waals surface area contributed by atoms with E-state index >= 15 is 0 Å². The quantitative estimate of drug-likeness (QED) is 0.702. The molecule has 1 aromatic rings. The zero-order valence-electron chi connectivity index (χ0n) is 13.0. The van der Waals surface area contributed by atoms with Gasteiger partial charge >= 0.3 is 6.03 Å². The fourth-order valence-electron chi connectivity index (χ4n) is 2.47. The lowest BCUT2D eigenvalue weighted by atomic mass is 9.80. The summed E-state index contributed by atoms with van der Waals surface area (Å²) in [5, 5.41) is 19.7. The summed E-state index contributed by atoms with van der Waals surface area (Å²) in [6.45, 7) is 0.807. The molecule has 1 saturated carbocycles. The number of aryl methyl sites for hydroxylation is 1. The average molecular weight is 295 g/mol. The summed E-state index contributed by atoms with van der Waals surface area (Å²) in [5.41, 5.74) is 0.363. The van der Waals surface area contributed by atoms with E-state index in [2.05, 4.69) is 15.7 Å². The molecule has 1 atom stereocenters. The molecule has 118 valence electrons. The Kier molecular flexibility index (Phi) is 4.84. The molecule has 0 bridgehead atoms. The molecule has 21 heavy (non-hydrogen) atoms. The Morgan fingerprint density at radius 3 is 2.71 bits per heavy atom. The normalized spacial score (nSPS) is 18.1. The van der Waals surface area contributed by atoms with Crippen molar-refractivity contribution >= 4 is 6.03 Å². The van der Waals surface area contributed by atoms with Gasteiger partial charge in [0.2, 0.25) is 0 Å². The summed E-state index contributed by atoms with van der Waals surface area (Å²) in [5.74, 6) is 0. The van der Waals surface area contributed by atoms with Gasteiger partial charge in [-0.3, -0.25) is 4.68 Å². The summed E-state index contributed by atoms with van der Waals surface area (Å²) in [6.07, 6.45) is 6.32. The van der Waals surface area contributed by atoms with Crippen LogP contribution < -0.4 is 10.6 Å². The van der Waals surface area contributed by atoms with Crippen LogP contribution in [0.4, 0.5) is 4.79 Å². The molecule has 1 unspecified atom stereocenters. The van der Waals surface area contributed by atoms with Gasteiger partial charge in [0.25, 0.3) is 0 Å². The minimum atomic E-state index is -0.693. The van der Waals surface area contributed by atoms with E-state index in [-0.39, 0.29) is 12.1 Å². The number of amides is 2. The first-order chi connectivity index (χ1) is 9.89. The molecule has 1 aromatic heterocycles. The summed E-state index contributed by atoms with van der Waals surface area (Å²) < 4.78 is 1.75. The highest BCUT2D eigenvalue weighted by Gasteiger charge is 2.34. The molecule has 1 heterocycles. The Morgan fingerprint density at radius 1 is 1.52 bits per heavy atom. The molecule has 1 aliphatic rings. The monoisotopic (exact) mass is 295 g/mol. The maximum Gasteiger partial charge on any atom is 0.314 e. The Hall–Kier alpha value is -1.60. The SMILES string of the molecule is CN(C)C(CNC(=O)NCC1(O)CCC1)c1cnn(C)c1. The molecule has 1 fully saturated rings. The first-order valence-corrected chi connectivity index (χ1v) is 7.29. The van der Waals surface area contributed by atoms with Crippen molar-refractivity contribution in [1.82, 2.24) is 25.3 Å². The molecule has 0 aliphatic heterocycles. The van der Waals surface area contributed by atoms with E-state index in [1.165, 1.54) is 0 Å². The minimum Gasteiger partial charge on any atom is -0.388 e. The fraction of sp³-hybridized carbons (Fsp3) is 0.714. The highest BCUT2D eigenvalue weighted by atomic mass is 16.3. The van der Waals surface area contributed by atoms with Crippen molar-refractivity contribution in [3.05, 3.63) is 18.0 Å². The summed E-state index contributed by atoms with van der Waals surface area (Å²) in [7, 11) is 5.80. The van der Waals surface area contributed by atoms with Crippen LogP contribution in [0.25, 0.3) is 0 Å². The maximum atomic E-state index is 11.8. The fourth-order valence-corrected chi connectivity index (χ4v) is 2.47. The zero-order valence-corrected chi connectivity index (χ0v) is 13.0. The van der Waals surface area contributed by atoms with E-state index in [4.69, 9.17) is 0 Å². The van der Waals surface area contributed by atoms with Gasteiger partial charge in [-0.1, -0.05) is 0 Å². The van der Waals surface area contributed by atoms with Crippen LogP contribution in [0.3, 0.4) is 0 Å². The first-order valence-electron chi connectivity index (χ1n) is 7.29. The van der Waals surface area contributed by atoms with Crippen LogP contribution in [0.1, 0.15) is 30.9 Å². The van der Waals surface area contributed by atoms with Gasteiger partial charge in [-0.2, -0.15) is 5.10 Å². The third-order valence-electron chi connectivity index (χ3n) is 4.05. The van der Waals surface area contributed by atoms with Crippen LogP contribution in [0, 0.1) is 0 Å². The second-order valence-corrected chi connectivity index (χ2v) is 6.07. The van der Waals surface area contributed by atoms with Crippen molar-refractivity contribution in [1.29, 1.82) is 0 Å². The Morgan fingerprint density at radius 2 is 2.24 bits per heavy atom. The van der Waals surface area contributed by atoms with Gasteiger partial charge in [0.15, 0.2) is 0 Å². The molecule has 1 aliphatic carbocycles. The van der Waals surface area contributed by atoms with Crippen molar-refractivity contribution in [3.63, 3.8) is 0 Å². The van der Waals surface area contributed by atoms with Gasteiger partial charge in [-0.05, 0) is 33.4 Å². The van der Waals surface area contributed by atoms with Gasteiger partial charge in [0, 0.05) is 31.9 Å². The lowest BCUT2D eigenvalue weighted by Crippen LogP contribution is -2.50. The van der Waals surface area contributed by atoms with Crippen LogP contribution in [0.5, 0.6) is 0 Å². The minimum absolute atomic E-state index is 0.0660. The summed E-state index contributed by atoms with van der Waals surface area (Å²) >= 11 is 0. The second kappa shape index (κ2) is 6.44. The van der Waals surface area contributed by atoms with Crippen molar-refractivity contribution in [2.45, 2.75) is 30.9 Å². The molecule has 0 saturated heterocycles. The number of urea groups is 1. The zero-order chi connectivity index (χ0) is 15.5. The predicted octanol–water partition coefficient (Wildman–Crippen LogP) is 0.237. The highest BCUT2D eigenvalue weighted by molar-refractivity contribution is 5.74. The van der Waals surface area contributed by atoms with Crippen molar-refractivity contribution in [3.8, 4) is 0 Å². The van der Waals surface area contributed by atoms with Gasteiger partial charge in [0.1, 0.15) is 0 Å². The number of rotatable bonds is 6. The Bertz CT molecular complexity index is 481. The molecule has 7 heteroatoms. The molecule has 0 spiro atoms. The average Bonchev–Trinajstić information content (AvgIpc) is 2.80. The summed E-state index contributed by atoms with van der Waals surface area (Å²) in [4.78, 5) is 13.9. The van der Waals surface area contributed by atoms with Gasteiger partial charge in [0.05, 0.1) is 17.8 Å². The topological polar surface area (TPSA) is 82.4 Å². The van der Waals surface area contributed by atoms with Crippen LogP contribution in [0.2, 0.25) is 0 Å². The van der Waals surface area contributed by atoms with E-state index < -0.39 is 5.60 Å². The van der Waals surface area contributed by atoms with Gasteiger partial charge in [-0.15, -0.1) is 0 Å². The van der Waals surface area contributed by atoms with Crippen LogP contribution in [0.15, 0.2) is 12.4 Å². The van der Waals surface area contributed by atoms with Crippen molar-refractivity contribution < 1.29 is 9.90 Å². The van der Waals surface area contributed by atoms with Crippen molar-refractivity contribution in [2.24, 2.45) is 7.05 Å². The largest absolute Gasteiger partial charge is 0.388 e. The lowest BCUT2D eigenvalue weighted by Gasteiger charge is -2.36. The van der Waals surface area contributed by atoms with Crippen LogP contribution in [-0.4, -0.2) is 58.6 Å². The smallest absolute Gasteiger partial charge is 0.314 e. The number of carbonyl (C=O) groups is 1. The first kappa shape index (κ1) is 15.8. The number of aromatic nitrogens is 2. The number of nitrogens with zero attached hydrogens (tertiary/aromatic N) is 3.